The molecule has 0 aromatic heterocycles. The summed E-state index contributed by atoms with van der Waals surface area (Å²) in [6.45, 7) is 9.41. The standard InChI is InChI=1S/C18H29FN2/c1-4-5-10-21(17-7-8-17)18-9-6-16(19)11-15(18)13-20-12-14(2)3/h6,9,11,14,17,20H,4-5,7-8,10,12-13H2,1-3H3. The molecular formula is C18H29FN2. The third-order valence-corrected chi connectivity index (χ3v) is 3.96. The second-order valence-electron chi connectivity index (χ2n) is 6.58. The zero-order chi connectivity index (χ0) is 15.2. The van der Waals surface area contributed by atoms with Gasteiger partial charge in [0.05, 0.1) is 0 Å². The van der Waals surface area contributed by atoms with Crippen molar-refractivity contribution >= 4 is 5.69 Å². The molecule has 3 heteroatoms. The van der Waals surface area contributed by atoms with Crippen molar-refractivity contribution in [3.05, 3.63) is 29.6 Å². The van der Waals surface area contributed by atoms with Gasteiger partial charge in [0.25, 0.3) is 0 Å². The number of nitrogens with one attached hydrogen (secondary N) is 1. The number of rotatable bonds is 9. The first-order valence-corrected chi connectivity index (χ1v) is 8.37. The van der Waals surface area contributed by atoms with Gasteiger partial charge in [-0.1, -0.05) is 27.2 Å². The van der Waals surface area contributed by atoms with Crippen molar-refractivity contribution in [1.82, 2.24) is 5.32 Å². The highest BCUT2D eigenvalue weighted by atomic mass is 19.1. The normalized spacial score (nSPS) is 14.7. The lowest BCUT2D eigenvalue weighted by Gasteiger charge is -2.27. The fourth-order valence-electron chi connectivity index (χ4n) is 2.69. The predicted octanol–water partition coefficient (Wildman–Crippen LogP) is 4.34. The van der Waals surface area contributed by atoms with E-state index in [2.05, 4.69) is 31.0 Å². The average Bonchev–Trinajstić information content (AvgIpc) is 3.25. The minimum Gasteiger partial charge on any atom is -0.368 e. The van der Waals surface area contributed by atoms with Gasteiger partial charge in [0.2, 0.25) is 0 Å². The van der Waals surface area contributed by atoms with E-state index in [9.17, 15) is 4.39 Å². The highest BCUT2D eigenvalue weighted by Crippen LogP contribution is 2.34. The molecule has 0 unspecified atom stereocenters. The van der Waals surface area contributed by atoms with E-state index in [0.717, 1.165) is 25.2 Å². The van der Waals surface area contributed by atoms with Crippen LogP contribution in [0.4, 0.5) is 10.1 Å². The zero-order valence-electron chi connectivity index (χ0n) is 13.7. The third kappa shape index (κ3) is 4.99. The molecule has 0 aliphatic heterocycles. The van der Waals surface area contributed by atoms with Crippen molar-refractivity contribution in [2.24, 2.45) is 5.92 Å². The van der Waals surface area contributed by atoms with E-state index in [0.29, 0.717) is 12.0 Å². The first-order valence-electron chi connectivity index (χ1n) is 8.37. The van der Waals surface area contributed by atoms with Gasteiger partial charge >= 0.3 is 0 Å². The lowest BCUT2D eigenvalue weighted by molar-refractivity contribution is 0.549. The van der Waals surface area contributed by atoms with E-state index in [-0.39, 0.29) is 5.82 Å². The molecule has 0 atom stereocenters. The topological polar surface area (TPSA) is 15.3 Å². The molecule has 0 saturated heterocycles. The molecule has 1 aliphatic rings. The summed E-state index contributed by atoms with van der Waals surface area (Å²) in [6, 6.07) is 5.94. The maximum atomic E-state index is 13.6. The second-order valence-corrected chi connectivity index (χ2v) is 6.58. The Balaban J connectivity index is 2.11. The quantitative estimate of drug-likeness (QED) is 0.728. The summed E-state index contributed by atoms with van der Waals surface area (Å²) in [5.41, 5.74) is 2.32. The molecule has 1 N–H and O–H groups in total. The van der Waals surface area contributed by atoms with Gasteiger partial charge in [0, 0.05) is 24.8 Å². The molecule has 21 heavy (non-hydrogen) atoms. The van der Waals surface area contributed by atoms with Crippen LogP contribution in [0.1, 0.15) is 52.0 Å². The smallest absolute Gasteiger partial charge is 0.123 e. The molecule has 0 radical (unpaired) electrons. The summed E-state index contributed by atoms with van der Waals surface area (Å²) in [5.74, 6) is 0.480. The monoisotopic (exact) mass is 292 g/mol. The average molecular weight is 292 g/mol. The number of anilines is 1. The van der Waals surface area contributed by atoms with Crippen LogP contribution in [0.2, 0.25) is 0 Å². The summed E-state index contributed by atoms with van der Waals surface area (Å²) in [5, 5.41) is 3.45. The van der Waals surface area contributed by atoms with E-state index in [1.165, 1.54) is 31.4 Å². The molecule has 0 amide bonds. The molecule has 0 bridgehead atoms. The van der Waals surface area contributed by atoms with Crippen molar-refractivity contribution in [2.75, 3.05) is 18.0 Å². The summed E-state index contributed by atoms with van der Waals surface area (Å²) in [6.07, 6.45) is 4.96. The first kappa shape index (κ1) is 16.3. The van der Waals surface area contributed by atoms with E-state index in [4.69, 9.17) is 0 Å². The minimum atomic E-state index is -0.133. The molecule has 1 saturated carbocycles. The van der Waals surface area contributed by atoms with Crippen LogP contribution in [0.15, 0.2) is 18.2 Å². The third-order valence-electron chi connectivity index (χ3n) is 3.96. The van der Waals surface area contributed by atoms with Crippen molar-refractivity contribution < 1.29 is 4.39 Å². The number of hydrogen-bond acceptors (Lipinski definition) is 2. The molecule has 118 valence electrons. The Kier molecular flexibility index (Phi) is 6.04. The molecule has 2 nitrogen and oxygen atoms in total. The van der Waals surface area contributed by atoms with Gasteiger partial charge in [0.15, 0.2) is 0 Å². The van der Waals surface area contributed by atoms with Crippen LogP contribution in [0.5, 0.6) is 0 Å². The van der Waals surface area contributed by atoms with Crippen LogP contribution in [-0.4, -0.2) is 19.1 Å². The summed E-state index contributed by atoms with van der Waals surface area (Å²) < 4.78 is 13.6. The Bertz CT molecular complexity index is 441. The Morgan fingerprint density at radius 1 is 1.33 bits per heavy atom. The Morgan fingerprint density at radius 3 is 2.71 bits per heavy atom. The van der Waals surface area contributed by atoms with Gasteiger partial charge in [-0.2, -0.15) is 0 Å². The van der Waals surface area contributed by atoms with Crippen LogP contribution in [0.25, 0.3) is 0 Å². The van der Waals surface area contributed by atoms with E-state index < -0.39 is 0 Å². The molecular weight excluding hydrogens is 263 g/mol. The van der Waals surface area contributed by atoms with Gasteiger partial charge in [-0.3, -0.25) is 0 Å². The summed E-state index contributed by atoms with van der Waals surface area (Å²) in [4.78, 5) is 2.50. The fraction of sp³-hybridized carbons (Fsp3) is 0.667. The summed E-state index contributed by atoms with van der Waals surface area (Å²) in [7, 11) is 0. The predicted molar refractivity (Wildman–Crippen MR) is 88.2 cm³/mol. The number of halogens is 1. The molecule has 1 fully saturated rings. The van der Waals surface area contributed by atoms with Gasteiger partial charge in [0.1, 0.15) is 5.82 Å². The second kappa shape index (κ2) is 7.79. The van der Waals surface area contributed by atoms with Crippen molar-refractivity contribution in [3.8, 4) is 0 Å². The van der Waals surface area contributed by atoms with Crippen molar-refractivity contribution in [2.45, 2.75) is 59.0 Å². The van der Waals surface area contributed by atoms with E-state index in [1.807, 2.05) is 6.07 Å². The van der Waals surface area contributed by atoms with Gasteiger partial charge in [-0.05, 0) is 55.5 Å². The number of benzene rings is 1. The number of unbranched alkanes of at least 4 members (excludes halogenated alkanes) is 1. The molecule has 1 aromatic carbocycles. The lowest BCUT2D eigenvalue weighted by atomic mass is 10.1. The maximum Gasteiger partial charge on any atom is 0.123 e. The van der Waals surface area contributed by atoms with Crippen LogP contribution >= 0.6 is 0 Å². The highest BCUT2D eigenvalue weighted by Gasteiger charge is 2.29. The molecule has 0 heterocycles. The molecule has 0 spiro atoms. The van der Waals surface area contributed by atoms with Crippen molar-refractivity contribution in [1.29, 1.82) is 0 Å². The van der Waals surface area contributed by atoms with Gasteiger partial charge in [-0.15, -0.1) is 0 Å². The Morgan fingerprint density at radius 2 is 2.10 bits per heavy atom. The van der Waals surface area contributed by atoms with Gasteiger partial charge in [-0.25, -0.2) is 4.39 Å². The minimum absolute atomic E-state index is 0.133. The Labute approximate surface area is 128 Å². The zero-order valence-corrected chi connectivity index (χ0v) is 13.7. The lowest BCUT2D eigenvalue weighted by Crippen LogP contribution is -2.29. The highest BCUT2D eigenvalue weighted by molar-refractivity contribution is 5.55. The summed E-state index contributed by atoms with van der Waals surface area (Å²) >= 11 is 0. The van der Waals surface area contributed by atoms with Crippen LogP contribution in [-0.2, 0) is 6.54 Å². The van der Waals surface area contributed by atoms with Crippen LogP contribution in [0, 0.1) is 11.7 Å². The first-order chi connectivity index (χ1) is 10.1. The largest absolute Gasteiger partial charge is 0.368 e. The fourth-order valence-corrected chi connectivity index (χ4v) is 2.69. The van der Waals surface area contributed by atoms with Crippen LogP contribution in [0.3, 0.4) is 0 Å². The molecule has 2 rings (SSSR count). The van der Waals surface area contributed by atoms with Crippen molar-refractivity contribution in [3.63, 3.8) is 0 Å². The van der Waals surface area contributed by atoms with Gasteiger partial charge < -0.3 is 10.2 Å². The van der Waals surface area contributed by atoms with Crippen LogP contribution < -0.4 is 10.2 Å². The Hall–Kier alpha value is -1.09. The molecule has 1 aromatic rings. The number of hydrogen-bond donors (Lipinski definition) is 1. The molecule has 1 aliphatic carbocycles. The van der Waals surface area contributed by atoms with E-state index in [1.54, 1.807) is 12.1 Å². The number of nitrogens with zero attached hydrogens (tertiary/aromatic N) is 1. The SMILES string of the molecule is CCCCN(c1ccc(F)cc1CNCC(C)C)C1CC1. The van der Waals surface area contributed by atoms with E-state index >= 15 is 0 Å². The maximum absolute atomic E-state index is 13.6.